The zero-order chi connectivity index (χ0) is 14.9. The molecular weight excluding hydrogens is 258 g/mol. The summed E-state index contributed by atoms with van der Waals surface area (Å²) in [6.07, 6.45) is 0.589. The molecule has 0 saturated heterocycles. The van der Waals surface area contributed by atoms with Crippen LogP contribution in [0.15, 0.2) is 9.59 Å². The molecule has 7 heteroatoms. The first kappa shape index (κ1) is 14.5. The molecule has 0 spiro atoms. The molecule has 2 aromatic rings. The molecule has 0 aliphatic heterocycles. The summed E-state index contributed by atoms with van der Waals surface area (Å²) in [5.41, 5.74) is 6.00. The van der Waals surface area contributed by atoms with Crippen LogP contribution in [-0.2, 0) is 26.1 Å². The number of nitrogens with two attached hydrogens (primary N) is 1. The van der Waals surface area contributed by atoms with Gasteiger partial charge in [0, 0.05) is 26.1 Å². The second-order valence-electron chi connectivity index (χ2n) is 4.56. The van der Waals surface area contributed by atoms with Crippen molar-refractivity contribution in [2.24, 2.45) is 5.73 Å². The minimum absolute atomic E-state index is 0.269. The number of aryl methyl sites for hydroxylation is 2. The summed E-state index contributed by atoms with van der Waals surface area (Å²) in [5, 5.41) is 0. The second kappa shape index (κ2) is 5.62. The maximum atomic E-state index is 12.5. The number of rotatable bonds is 5. The molecule has 110 valence electrons. The Morgan fingerprint density at radius 2 is 1.60 bits per heavy atom. The van der Waals surface area contributed by atoms with Gasteiger partial charge in [-0.05, 0) is 27.3 Å². The highest BCUT2D eigenvalue weighted by Gasteiger charge is 2.19. The quantitative estimate of drug-likeness (QED) is 0.829. The van der Waals surface area contributed by atoms with Crippen molar-refractivity contribution in [2.45, 2.75) is 46.8 Å². The van der Waals surface area contributed by atoms with Crippen molar-refractivity contribution < 1.29 is 0 Å². The Hall–Kier alpha value is -1.89. The van der Waals surface area contributed by atoms with E-state index in [9.17, 15) is 9.59 Å². The van der Waals surface area contributed by atoms with Crippen LogP contribution < -0.4 is 17.0 Å². The number of hydrogen-bond acceptors (Lipinski definition) is 4. The first-order chi connectivity index (χ1) is 9.60. The lowest BCUT2D eigenvalue weighted by molar-refractivity contribution is 0.602. The van der Waals surface area contributed by atoms with Gasteiger partial charge in [0.1, 0.15) is 5.82 Å². The predicted octanol–water partition coefficient (Wildman–Crippen LogP) is -0.0794. The summed E-state index contributed by atoms with van der Waals surface area (Å²) < 4.78 is 4.67. The summed E-state index contributed by atoms with van der Waals surface area (Å²) in [7, 11) is 0. The number of aromatic nitrogens is 4. The molecule has 0 aliphatic carbocycles. The van der Waals surface area contributed by atoms with Crippen molar-refractivity contribution in [3.05, 3.63) is 26.7 Å². The molecule has 2 aromatic heterocycles. The maximum absolute atomic E-state index is 12.5. The predicted molar refractivity (Wildman–Crippen MR) is 78.0 cm³/mol. The third kappa shape index (κ3) is 1.98. The van der Waals surface area contributed by atoms with Crippen LogP contribution in [0.1, 0.15) is 26.6 Å². The van der Waals surface area contributed by atoms with E-state index in [1.807, 2.05) is 18.4 Å². The minimum atomic E-state index is -0.299. The summed E-state index contributed by atoms with van der Waals surface area (Å²) in [6.45, 7) is 7.56. The number of hydrogen-bond donors (Lipinski definition) is 1. The lowest BCUT2D eigenvalue weighted by Gasteiger charge is -2.09. The first-order valence-electron chi connectivity index (χ1n) is 7.03. The van der Waals surface area contributed by atoms with Gasteiger partial charge in [-0.25, -0.2) is 9.78 Å². The van der Waals surface area contributed by atoms with E-state index in [0.29, 0.717) is 43.8 Å². The molecule has 0 amide bonds. The van der Waals surface area contributed by atoms with Gasteiger partial charge in [0.2, 0.25) is 0 Å². The molecule has 20 heavy (non-hydrogen) atoms. The van der Waals surface area contributed by atoms with Crippen LogP contribution in [0.3, 0.4) is 0 Å². The average Bonchev–Trinajstić information content (AvgIpc) is 2.78. The highest BCUT2D eigenvalue weighted by Crippen LogP contribution is 2.12. The Labute approximate surface area is 116 Å². The van der Waals surface area contributed by atoms with E-state index in [0.717, 1.165) is 5.82 Å². The first-order valence-corrected chi connectivity index (χ1v) is 7.03. The van der Waals surface area contributed by atoms with Gasteiger partial charge in [0.15, 0.2) is 11.2 Å². The molecule has 0 bridgehead atoms. The lowest BCUT2D eigenvalue weighted by Crippen LogP contribution is -2.40. The van der Waals surface area contributed by atoms with Crippen LogP contribution in [0.25, 0.3) is 11.2 Å². The molecule has 0 fully saturated rings. The molecule has 0 saturated carbocycles. The smallest absolute Gasteiger partial charge is 0.330 e. The summed E-state index contributed by atoms with van der Waals surface area (Å²) in [4.78, 5) is 29.3. The van der Waals surface area contributed by atoms with Crippen molar-refractivity contribution in [1.29, 1.82) is 0 Å². The van der Waals surface area contributed by atoms with E-state index in [1.165, 1.54) is 4.57 Å². The topological polar surface area (TPSA) is 87.8 Å². The van der Waals surface area contributed by atoms with Gasteiger partial charge in [0.05, 0.1) is 0 Å². The zero-order valence-corrected chi connectivity index (χ0v) is 12.2. The average molecular weight is 279 g/mol. The molecule has 0 aliphatic rings. The minimum Gasteiger partial charge on any atom is -0.330 e. The van der Waals surface area contributed by atoms with Crippen LogP contribution in [0, 0.1) is 0 Å². The Morgan fingerprint density at radius 1 is 1.00 bits per heavy atom. The van der Waals surface area contributed by atoms with Crippen molar-refractivity contribution >= 4 is 11.2 Å². The fourth-order valence-corrected chi connectivity index (χ4v) is 2.56. The molecule has 2 rings (SSSR count). The highest BCUT2D eigenvalue weighted by molar-refractivity contribution is 5.71. The van der Waals surface area contributed by atoms with E-state index in [2.05, 4.69) is 4.98 Å². The molecular formula is C13H21N5O2. The van der Waals surface area contributed by atoms with E-state index < -0.39 is 0 Å². The van der Waals surface area contributed by atoms with E-state index in [4.69, 9.17) is 5.73 Å². The molecule has 0 unspecified atom stereocenters. The summed E-state index contributed by atoms with van der Waals surface area (Å²) in [5.74, 6) is 0.762. The fourth-order valence-electron chi connectivity index (χ4n) is 2.56. The van der Waals surface area contributed by atoms with Gasteiger partial charge in [-0.15, -0.1) is 0 Å². The van der Waals surface area contributed by atoms with Gasteiger partial charge >= 0.3 is 5.69 Å². The Kier molecular flexibility index (Phi) is 4.08. The largest absolute Gasteiger partial charge is 0.332 e. The van der Waals surface area contributed by atoms with Crippen molar-refractivity contribution in [3.8, 4) is 0 Å². The molecule has 2 heterocycles. The zero-order valence-electron chi connectivity index (χ0n) is 12.2. The number of imidazole rings is 1. The van der Waals surface area contributed by atoms with Crippen LogP contribution in [-0.4, -0.2) is 25.2 Å². The number of nitrogens with zero attached hydrogens (tertiary/aromatic N) is 4. The highest BCUT2D eigenvalue weighted by atomic mass is 16.2. The lowest BCUT2D eigenvalue weighted by atomic mass is 10.4. The Morgan fingerprint density at radius 3 is 2.10 bits per heavy atom. The van der Waals surface area contributed by atoms with E-state index >= 15 is 0 Å². The summed E-state index contributed by atoms with van der Waals surface area (Å²) >= 11 is 0. The Bertz CT molecular complexity index is 738. The third-order valence-corrected chi connectivity index (χ3v) is 3.51. The molecule has 0 atom stereocenters. The van der Waals surface area contributed by atoms with Crippen LogP contribution in [0.2, 0.25) is 0 Å². The molecule has 7 nitrogen and oxygen atoms in total. The van der Waals surface area contributed by atoms with E-state index in [1.54, 1.807) is 11.5 Å². The monoisotopic (exact) mass is 279 g/mol. The van der Waals surface area contributed by atoms with Gasteiger partial charge in [-0.1, -0.05) is 0 Å². The normalized spacial score (nSPS) is 11.4. The van der Waals surface area contributed by atoms with Gasteiger partial charge < -0.3 is 10.3 Å². The summed E-state index contributed by atoms with van der Waals surface area (Å²) in [6, 6.07) is 0. The third-order valence-electron chi connectivity index (χ3n) is 3.51. The molecule has 0 radical (unpaired) electrons. The second-order valence-corrected chi connectivity index (χ2v) is 4.56. The maximum Gasteiger partial charge on any atom is 0.332 e. The van der Waals surface area contributed by atoms with Crippen LogP contribution in [0.4, 0.5) is 0 Å². The van der Waals surface area contributed by atoms with Crippen LogP contribution in [0.5, 0.6) is 0 Å². The van der Waals surface area contributed by atoms with Crippen molar-refractivity contribution in [3.63, 3.8) is 0 Å². The molecule has 0 aromatic carbocycles. The standard InChI is InChI=1S/C13H21N5O2/c1-4-16-9(7-8-14)15-11-10(16)12(19)18(6-3)13(20)17(11)5-2/h4-8,14H2,1-3H3. The SMILES string of the molecule is CCn1c(=O)c2c(nc(CCN)n2CC)n(CC)c1=O. The Balaban J connectivity index is 2.98. The fraction of sp³-hybridized carbons (Fsp3) is 0.615. The van der Waals surface area contributed by atoms with Crippen LogP contribution >= 0.6 is 0 Å². The van der Waals surface area contributed by atoms with Crippen molar-refractivity contribution in [2.75, 3.05) is 6.54 Å². The van der Waals surface area contributed by atoms with Gasteiger partial charge in [0.25, 0.3) is 5.56 Å². The number of fused-ring (bicyclic) bond motifs is 1. The van der Waals surface area contributed by atoms with Gasteiger partial charge in [-0.2, -0.15) is 0 Å². The molecule has 2 N–H and O–H groups in total. The van der Waals surface area contributed by atoms with E-state index in [-0.39, 0.29) is 11.2 Å². The van der Waals surface area contributed by atoms with Crippen molar-refractivity contribution in [1.82, 2.24) is 18.7 Å². The van der Waals surface area contributed by atoms with Gasteiger partial charge in [-0.3, -0.25) is 13.9 Å².